The number of aromatic nitrogens is 2. The molecule has 1 aromatic carbocycles. The molecule has 1 heterocycles. The predicted molar refractivity (Wildman–Crippen MR) is 71.1 cm³/mol. The van der Waals surface area contributed by atoms with Crippen molar-refractivity contribution in [1.29, 1.82) is 0 Å². The van der Waals surface area contributed by atoms with E-state index in [4.69, 9.17) is 21.9 Å². The van der Waals surface area contributed by atoms with Crippen molar-refractivity contribution in [3.05, 3.63) is 30.1 Å². The van der Waals surface area contributed by atoms with E-state index in [1.165, 1.54) is 0 Å². The van der Waals surface area contributed by atoms with Crippen molar-refractivity contribution in [2.24, 2.45) is 10.7 Å². The molecule has 5 nitrogen and oxygen atoms in total. The average molecular weight is 265 g/mol. The fourth-order valence-electron chi connectivity index (χ4n) is 1.42. The van der Waals surface area contributed by atoms with Gasteiger partial charge in [-0.05, 0) is 18.2 Å². The van der Waals surface area contributed by atoms with E-state index in [1.807, 2.05) is 31.2 Å². The largest absolute Gasteiger partial charge is 0.386 e. The number of benzene rings is 1. The first-order valence-electron chi connectivity index (χ1n) is 5.55. The quantitative estimate of drug-likeness (QED) is 0.523. The molecule has 0 atom stereocenters. The van der Waals surface area contributed by atoms with Crippen LogP contribution in [0.15, 0.2) is 33.8 Å². The highest BCUT2D eigenvalue weighted by Gasteiger charge is 2.07. The molecule has 0 unspecified atom stereocenters. The summed E-state index contributed by atoms with van der Waals surface area (Å²) < 4.78 is 5.16. The van der Waals surface area contributed by atoms with Gasteiger partial charge in [0, 0.05) is 12.0 Å². The molecular weight excluding hydrogens is 252 g/mol. The van der Waals surface area contributed by atoms with Gasteiger partial charge in [-0.25, -0.2) is 4.99 Å². The van der Waals surface area contributed by atoms with Crippen LogP contribution in [0.25, 0.3) is 11.5 Å². The van der Waals surface area contributed by atoms with Gasteiger partial charge in [0.15, 0.2) is 5.82 Å². The Morgan fingerprint density at radius 2 is 2.33 bits per heavy atom. The van der Waals surface area contributed by atoms with E-state index in [9.17, 15) is 0 Å². The molecule has 0 aliphatic carbocycles. The summed E-state index contributed by atoms with van der Waals surface area (Å²) >= 11 is 5.58. The molecule has 0 bridgehead atoms. The van der Waals surface area contributed by atoms with Gasteiger partial charge in [0.2, 0.25) is 0 Å². The lowest BCUT2D eigenvalue weighted by molar-refractivity contribution is 0.423. The van der Waals surface area contributed by atoms with Gasteiger partial charge in [-0.3, -0.25) is 0 Å². The van der Waals surface area contributed by atoms with Crippen LogP contribution in [0, 0.1) is 0 Å². The third-order valence-corrected chi connectivity index (χ3v) is 2.56. The van der Waals surface area contributed by atoms with E-state index in [-0.39, 0.29) is 5.88 Å². The van der Waals surface area contributed by atoms with E-state index in [0.29, 0.717) is 23.2 Å². The van der Waals surface area contributed by atoms with Gasteiger partial charge in [0.1, 0.15) is 5.84 Å². The highest BCUT2D eigenvalue weighted by atomic mass is 35.5. The summed E-state index contributed by atoms with van der Waals surface area (Å²) in [6.07, 6.45) is 0.737. The Kier molecular flexibility index (Phi) is 3.94. The first kappa shape index (κ1) is 12.6. The zero-order valence-electron chi connectivity index (χ0n) is 9.93. The molecule has 94 valence electrons. The number of hydrogen-bond acceptors (Lipinski definition) is 4. The lowest BCUT2D eigenvalue weighted by Gasteiger charge is -1.98. The molecule has 0 fully saturated rings. The number of aliphatic imine (C=N–C) groups is 1. The van der Waals surface area contributed by atoms with Crippen molar-refractivity contribution >= 4 is 23.1 Å². The number of hydrogen-bond donors (Lipinski definition) is 1. The molecule has 18 heavy (non-hydrogen) atoms. The predicted octanol–water partition coefficient (Wildman–Crippen LogP) is 2.53. The number of alkyl halides is 1. The molecule has 0 saturated carbocycles. The van der Waals surface area contributed by atoms with Crippen molar-refractivity contribution < 1.29 is 4.52 Å². The molecule has 0 radical (unpaired) electrons. The molecule has 2 aromatic rings. The van der Waals surface area contributed by atoms with E-state index in [0.717, 1.165) is 12.0 Å². The van der Waals surface area contributed by atoms with Crippen LogP contribution in [0.2, 0.25) is 0 Å². The molecule has 1 aromatic heterocycles. The van der Waals surface area contributed by atoms with Crippen molar-refractivity contribution in [3.8, 4) is 11.5 Å². The number of rotatable bonds is 4. The number of aryl methyl sites for hydroxylation is 1. The van der Waals surface area contributed by atoms with Crippen LogP contribution in [0.5, 0.6) is 0 Å². The average Bonchev–Trinajstić information content (AvgIpc) is 2.87. The molecule has 6 heteroatoms. The first-order chi connectivity index (χ1) is 8.72. The third-order valence-electron chi connectivity index (χ3n) is 2.29. The van der Waals surface area contributed by atoms with Crippen molar-refractivity contribution in [2.45, 2.75) is 13.3 Å². The summed E-state index contributed by atoms with van der Waals surface area (Å²) in [7, 11) is 0. The second-order valence-electron chi connectivity index (χ2n) is 3.66. The standard InChI is InChI=1S/C12H13ClN4O/c1-2-11-16-12(18-17-11)8-4-3-5-9(6-8)15-10(14)7-13/h3-6H,2,7H2,1H3,(H2,14,15). The minimum atomic E-state index is 0.199. The number of amidine groups is 1. The van der Waals surface area contributed by atoms with E-state index < -0.39 is 0 Å². The second kappa shape index (κ2) is 5.64. The van der Waals surface area contributed by atoms with Crippen molar-refractivity contribution in [1.82, 2.24) is 10.1 Å². The van der Waals surface area contributed by atoms with Gasteiger partial charge < -0.3 is 10.3 Å². The fourth-order valence-corrected chi connectivity index (χ4v) is 1.48. The molecule has 2 rings (SSSR count). The molecular formula is C12H13ClN4O. The molecule has 0 aliphatic heterocycles. The van der Waals surface area contributed by atoms with Gasteiger partial charge in [-0.2, -0.15) is 4.98 Å². The highest BCUT2D eigenvalue weighted by molar-refractivity contribution is 6.28. The fraction of sp³-hybridized carbons (Fsp3) is 0.250. The normalized spacial score (nSPS) is 11.8. The summed E-state index contributed by atoms with van der Waals surface area (Å²) in [5, 5.41) is 3.85. The Hall–Kier alpha value is -1.88. The van der Waals surface area contributed by atoms with Crippen molar-refractivity contribution in [2.75, 3.05) is 5.88 Å². The van der Waals surface area contributed by atoms with Gasteiger partial charge in [0.05, 0.1) is 11.6 Å². The molecule has 2 N–H and O–H groups in total. The van der Waals surface area contributed by atoms with Crippen LogP contribution in [0.3, 0.4) is 0 Å². The summed E-state index contributed by atoms with van der Waals surface area (Å²) in [5.41, 5.74) is 7.11. The third kappa shape index (κ3) is 2.87. The smallest absolute Gasteiger partial charge is 0.257 e. The summed E-state index contributed by atoms with van der Waals surface area (Å²) in [4.78, 5) is 8.42. The lowest BCUT2D eigenvalue weighted by atomic mass is 10.2. The van der Waals surface area contributed by atoms with Crippen LogP contribution in [-0.4, -0.2) is 21.9 Å². The Bertz CT molecular complexity index is 565. The monoisotopic (exact) mass is 264 g/mol. The SMILES string of the molecule is CCc1noc(-c2cccc(N=C(N)CCl)c2)n1. The topological polar surface area (TPSA) is 77.3 Å². The van der Waals surface area contributed by atoms with Crippen molar-refractivity contribution in [3.63, 3.8) is 0 Å². The maximum atomic E-state index is 5.59. The molecule has 0 amide bonds. The Morgan fingerprint density at radius 1 is 1.50 bits per heavy atom. The number of halogens is 1. The second-order valence-corrected chi connectivity index (χ2v) is 3.92. The van der Waals surface area contributed by atoms with E-state index >= 15 is 0 Å². The summed E-state index contributed by atoms with van der Waals surface area (Å²) in [6, 6.07) is 7.39. The van der Waals surface area contributed by atoms with Crippen LogP contribution >= 0.6 is 11.6 Å². The minimum absolute atomic E-state index is 0.199. The molecule has 0 aliphatic rings. The Morgan fingerprint density at radius 3 is 3.00 bits per heavy atom. The number of nitrogens with zero attached hydrogens (tertiary/aromatic N) is 3. The Labute approximate surface area is 110 Å². The maximum absolute atomic E-state index is 5.59. The molecule has 0 spiro atoms. The minimum Gasteiger partial charge on any atom is -0.386 e. The number of nitrogens with two attached hydrogens (primary N) is 1. The van der Waals surface area contributed by atoms with Gasteiger partial charge in [-0.15, -0.1) is 11.6 Å². The summed E-state index contributed by atoms with van der Waals surface area (Å²) in [5.74, 6) is 1.73. The van der Waals surface area contributed by atoms with Crippen LogP contribution in [0.1, 0.15) is 12.7 Å². The zero-order valence-corrected chi connectivity index (χ0v) is 10.7. The van der Waals surface area contributed by atoms with E-state index in [1.54, 1.807) is 0 Å². The van der Waals surface area contributed by atoms with Crippen LogP contribution in [-0.2, 0) is 6.42 Å². The molecule has 0 saturated heterocycles. The summed E-state index contributed by atoms with van der Waals surface area (Å²) in [6.45, 7) is 1.97. The van der Waals surface area contributed by atoms with E-state index in [2.05, 4.69) is 15.1 Å². The highest BCUT2D eigenvalue weighted by Crippen LogP contribution is 2.22. The zero-order chi connectivity index (χ0) is 13.0. The van der Waals surface area contributed by atoms with Crippen LogP contribution in [0.4, 0.5) is 5.69 Å². The van der Waals surface area contributed by atoms with Gasteiger partial charge >= 0.3 is 0 Å². The van der Waals surface area contributed by atoms with Gasteiger partial charge in [-0.1, -0.05) is 18.1 Å². The maximum Gasteiger partial charge on any atom is 0.257 e. The lowest BCUT2D eigenvalue weighted by Crippen LogP contribution is -2.12. The Balaban J connectivity index is 2.32. The first-order valence-corrected chi connectivity index (χ1v) is 6.08. The van der Waals surface area contributed by atoms with Gasteiger partial charge in [0.25, 0.3) is 5.89 Å². The van der Waals surface area contributed by atoms with Crippen LogP contribution < -0.4 is 5.73 Å².